The topological polar surface area (TPSA) is 0 Å². The van der Waals surface area contributed by atoms with Gasteiger partial charge in [-0.2, -0.15) is 0 Å². The Hall–Kier alpha value is -1.56. The van der Waals surface area contributed by atoms with Gasteiger partial charge in [-0.05, 0) is 45.6 Å². The number of rotatable bonds is 1. The average Bonchev–Trinajstić information content (AvgIpc) is 2.94. The molecular weight excluding hydrogens is 204 g/mol. The molecule has 84 valence electrons. The molecule has 1 fully saturated rings. The first-order chi connectivity index (χ1) is 8.27. The number of benzene rings is 2. The summed E-state index contributed by atoms with van der Waals surface area (Å²) in [6.07, 6.45) is 0. The Morgan fingerprint density at radius 2 is 1.29 bits per heavy atom. The highest BCUT2D eigenvalue weighted by atomic mass is 14.5. The van der Waals surface area contributed by atoms with Crippen molar-refractivity contribution >= 4 is 0 Å². The fourth-order valence-electron chi connectivity index (χ4n) is 3.39. The summed E-state index contributed by atoms with van der Waals surface area (Å²) in [6.45, 7) is 4.73. The van der Waals surface area contributed by atoms with E-state index >= 15 is 0 Å². The molecule has 0 N–H and O–H groups in total. The van der Waals surface area contributed by atoms with Crippen molar-refractivity contribution in [2.24, 2.45) is 11.8 Å². The molecule has 0 aromatic heterocycles. The zero-order chi connectivity index (χ0) is 11.6. The third-order valence-electron chi connectivity index (χ3n) is 4.76. The summed E-state index contributed by atoms with van der Waals surface area (Å²) in [6, 6.07) is 15.8. The molecule has 0 bridgehead atoms. The van der Waals surface area contributed by atoms with Gasteiger partial charge in [-0.3, -0.25) is 0 Å². The van der Waals surface area contributed by atoms with Gasteiger partial charge < -0.3 is 0 Å². The van der Waals surface area contributed by atoms with Gasteiger partial charge >= 0.3 is 0 Å². The summed E-state index contributed by atoms with van der Waals surface area (Å²) < 4.78 is 0. The SMILES string of the molecule is C[C@H]1C(c2ccc3c(c2)-c2ccccc2-3)[C@@H]1C. The van der Waals surface area contributed by atoms with Crippen molar-refractivity contribution in [1.29, 1.82) is 0 Å². The molecule has 0 aliphatic heterocycles. The molecule has 0 saturated heterocycles. The molecule has 1 saturated carbocycles. The first-order valence-corrected chi connectivity index (χ1v) is 6.51. The van der Waals surface area contributed by atoms with E-state index in [0.717, 1.165) is 17.8 Å². The molecule has 2 aromatic carbocycles. The van der Waals surface area contributed by atoms with Gasteiger partial charge in [0.15, 0.2) is 0 Å². The average molecular weight is 220 g/mol. The van der Waals surface area contributed by atoms with Crippen LogP contribution in [0.2, 0.25) is 0 Å². The maximum atomic E-state index is 2.42. The highest BCUT2D eigenvalue weighted by Gasteiger charge is 2.44. The van der Waals surface area contributed by atoms with Gasteiger partial charge in [0, 0.05) is 0 Å². The third kappa shape index (κ3) is 1.13. The van der Waals surface area contributed by atoms with Gasteiger partial charge in [-0.25, -0.2) is 0 Å². The fourth-order valence-corrected chi connectivity index (χ4v) is 3.39. The quantitative estimate of drug-likeness (QED) is 0.557. The fraction of sp³-hybridized carbons (Fsp3) is 0.294. The van der Waals surface area contributed by atoms with Crippen LogP contribution in [0.25, 0.3) is 22.3 Å². The number of fused-ring (bicyclic) bond motifs is 4. The van der Waals surface area contributed by atoms with Gasteiger partial charge in [-0.1, -0.05) is 56.3 Å². The summed E-state index contributed by atoms with van der Waals surface area (Å²) in [5, 5.41) is 0. The van der Waals surface area contributed by atoms with Crippen LogP contribution in [0.15, 0.2) is 42.5 Å². The van der Waals surface area contributed by atoms with Crippen molar-refractivity contribution in [3.8, 4) is 22.3 Å². The van der Waals surface area contributed by atoms with Gasteiger partial charge in [0.1, 0.15) is 0 Å². The van der Waals surface area contributed by atoms with E-state index in [4.69, 9.17) is 0 Å². The monoisotopic (exact) mass is 220 g/mol. The Morgan fingerprint density at radius 1 is 0.706 bits per heavy atom. The standard InChI is InChI=1S/C17H16/c1-10-11(2)17(10)12-7-8-15-13-5-3-4-6-14(13)16(15)9-12/h3-11,17H,1-2H3/t10-,11-/m1/s1. The van der Waals surface area contributed by atoms with Crippen molar-refractivity contribution in [3.05, 3.63) is 48.0 Å². The summed E-state index contributed by atoms with van der Waals surface area (Å²) >= 11 is 0. The van der Waals surface area contributed by atoms with Crippen LogP contribution in [0.3, 0.4) is 0 Å². The maximum absolute atomic E-state index is 2.42. The normalized spacial score (nSPS) is 28.0. The van der Waals surface area contributed by atoms with E-state index in [-0.39, 0.29) is 0 Å². The van der Waals surface area contributed by atoms with Gasteiger partial charge in [0.2, 0.25) is 0 Å². The summed E-state index contributed by atoms with van der Waals surface area (Å²) in [5.41, 5.74) is 7.30. The highest BCUT2D eigenvalue weighted by Crippen LogP contribution is 2.55. The van der Waals surface area contributed by atoms with Crippen LogP contribution in [0.5, 0.6) is 0 Å². The zero-order valence-corrected chi connectivity index (χ0v) is 10.3. The lowest BCUT2D eigenvalue weighted by molar-refractivity contribution is 0.834. The first-order valence-electron chi connectivity index (χ1n) is 6.51. The minimum atomic E-state index is 0.799. The molecule has 2 atom stereocenters. The van der Waals surface area contributed by atoms with Crippen molar-refractivity contribution in [3.63, 3.8) is 0 Å². The van der Waals surface area contributed by atoms with E-state index in [1.165, 1.54) is 22.3 Å². The van der Waals surface area contributed by atoms with Crippen LogP contribution in [0.1, 0.15) is 25.3 Å². The molecule has 0 nitrogen and oxygen atoms in total. The predicted octanol–water partition coefficient (Wildman–Crippen LogP) is 4.70. The molecule has 0 heteroatoms. The Balaban J connectivity index is 1.79. The molecule has 0 radical (unpaired) electrons. The second-order valence-electron chi connectivity index (χ2n) is 5.59. The van der Waals surface area contributed by atoms with Crippen molar-refractivity contribution in [2.45, 2.75) is 19.8 Å². The molecule has 0 heterocycles. The lowest BCUT2D eigenvalue weighted by Crippen LogP contribution is -1.99. The van der Waals surface area contributed by atoms with Crippen LogP contribution < -0.4 is 0 Å². The zero-order valence-electron chi connectivity index (χ0n) is 10.3. The molecular formula is C17H16. The Kier molecular flexibility index (Phi) is 1.68. The third-order valence-corrected chi connectivity index (χ3v) is 4.76. The summed E-state index contributed by atoms with van der Waals surface area (Å²) in [4.78, 5) is 0. The van der Waals surface area contributed by atoms with E-state index in [2.05, 4.69) is 56.3 Å². The number of hydrogen-bond donors (Lipinski definition) is 0. The van der Waals surface area contributed by atoms with E-state index in [1.54, 1.807) is 5.56 Å². The van der Waals surface area contributed by atoms with E-state index in [1.807, 2.05) is 0 Å². The van der Waals surface area contributed by atoms with Gasteiger partial charge in [0.05, 0.1) is 0 Å². The van der Waals surface area contributed by atoms with Crippen molar-refractivity contribution < 1.29 is 0 Å². The van der Waals surface area contributed by atoms with Crippen LogP contribution in [0.4, 0.5) is 0 Å². The van der Waals surface area contributed by atoms with Crippen LogP contribution in [0, 0.1) is 11.8 Å². The molecule has 0 amide bonds. The molecule has 0 unspecified atom stereocenters. The lowest BCUT2D eigenvalue weighted by Gasteiger charge is -2.24. The molecule has 17 heavy (non-hydrogen) atoms. The summed E-state index contributed by atoms with van der Waals surface area (Å²) in [5.74, 6) is 2.53. The van der Waals surface area contributed by atoms with Gasteiger partial charge in [-0.15, -0.1) is 0 Å². The smallest absolute Gasteiger partial charge is 0.00961 e. The highest BCUT2D eigenvalue weighted by molar-refractivity contribution is 6.02. The van der Waals surface area contributed by atoms with Crippen molar-refractivity contribution in [1.82, 2.24) is 0 Å². The van der Waals surface area contributed by atoms with E-state index in [9.17, 15) is 0 Å². The Bertz CT molecular complexity index is 601. The van der Waals surface area contributed by atoms with Crippen molar-refractivity contribution in [2.75, 3.05) is 0 Å². The summed E-state index contributed by atoms with van der Waals surface area (Å²) in [7, 11) is 0. The van der Waals surface area contributed by atoms with E-state index in [0.29, 0.717) is 0 Å². The molecule has 2 aliphatic rings. The van der Waals surface area contributed by atoms with Gasteiger partial charge in [0.25, 0.3) is 0 Å². The van der Waals surface area contributed by atoms with E-state index < -0.39 is 0 Å². The van der Waals surface area contributed by atoms with Crippen LogP contribution >= 0.6 is 0 Å². The Morgan fingerprint density at radius 3 is 1.94 bits per heavy atom. The van der Waals surface area contributed by atoms with Crippen LogP contribution in [-0.4, -0.2) is 0 Å². The second kappa shape index (κ2) is 3.01. The minimum Gasteiger partial charge on any atom is -0.0616 e. The first kappa shape index (κ1) is 9.47. The maximum Gasteiger partial charge on any atom is -0.00961 e. The largest absolute Gasteiger partial charge is 0.0616 e. The second-order valence-corrected chi connectivity index (χ2v) is 5.59. The molecule has 2 aliphatic carbocycles. The molecule has 0 spiro atoms. The number of hydrogen-bond acceptors (Lipinski definition) is 0. The molecule has 4 rings (SSSR count). The Labute approximate surface area is 102 Å². The predicted molar refractivity (Wildman–Crippen MR) is 71.9 cm³/mol. The minimum absolute atomic E-state index is 0.799. The lowest BCUT2D eigenvalue weighted by atomic mass is 9.79. The molecule has 2 aromatic rings. The van der Waals surface area contributed by atoms with Crippen LogP contribution in [-0.2, 0) is 0 Å².